The van der Waals surface area contributed by atoms with Gasteiger partial charge in [-0.2, -0.15) is 5.10 Å². The molecule has 0 radical (unpaired) electrons. The monoisotopic (exact) mass is 233 g/mol. The normalized spacial score (nSPS) is 11.2. The van der Waals surface area contributed by atoms with Gasteiger partial charge in [0, 0.05) is 5.92 Å². The highest BCUT2D eigenvalue weighted by atomic mass is 16.4. The van der Waals surface area contributed by atoms with Crippen LogP contribution in [0.25, 0.3) is 5.65 Å². The van der Waals surface area contributed by atoms with Gasteiger partial charge in [-0.1, -0.05) is 19.9 Å². The lowest BCUT2D eigenvalue weighted by Crippen LogP contribution is -2.06. The number of carboxylic acids is 1. The van der Waals surface area contributed by atoms with Gasteiger partial charge in [0.2, 0.25) is 0 Å². The Labute approximate surface area is 99.1 Å². The largest absolute Gasteiger partial charge is 0.477 e. The van der Waals surface area contributed by atoms with Gasteiger partial charge in [0.1, 0.15) is 0 Å². The summed E-state index contributed by atoms with van der Waals surface area (Å²) in [7, 11) is 0. The van der Waals surface area contributed by atoms with Crippen LogP contribution < -0.4 is 0 Å². The molecule has 0 aliphatic rings. The van der Waals surface area contributed by atoms with E-state index in [1.54, 1.807) is 12.1 Å². The van der Waals surface area contributed by atoms with E-state index in [1.165, 1.54) is 10.6 Å². The van der Waals surface area contributed by atoms with E-state index in [0.717, 1.165) is 18.7 Å². The molecule has 2 aromatic rings. The molecular formula is C12H15N3O2. The van der Waals surface area contributed by atoms with Gasteiger partial charge < -0.3 is 5.11 Å². The van der Waals surface area contributed by atoms with Crippen LogP contribution >= 0.6 is 0 Å². The van der Waals surface area contributed by atoms with Gasteiger partial charge in [0.25, 0.3) is 0 Å². The molecule has 2 aromatic heterocycles. The summed E-state index contributed by atoms with van der Waals surface area (Å²) in [5.74, 6) is 0.0249. The number of hydrogen-bond acceptors (Lipinski definition) is 3. The second kappa shape index (κ2) is 4.53. The molecule has 0 amide bonds. The third-order valence-corrected chi connectivity index (χ3v) is 2.95. The van der Waals surface area contributed by atoms with Crippen LogP contribution in [-0.2, 0) is 0 Å². The topological polar surface area (TPSA) is 67.5 Å². The summed E-state index contributed by atoms with van der Waals surface area (Å²) in [6.07, 6.45) is 1.91. The minimum atomic E-state index is -0.989. The molecule has 1 N–H and O–H groups in total. The van der Waals surface area contributed by atoms with Crippen molar-refractivity contribution in [2.75, 3.05) is 0 Å². The lowest BCUT2D eigenvalue weighted by molar-refractivity contribution is 0.0687. The highest BCUT2D eigenvalue weighted by molar-refractivity contribution is 5.86. The maximum absolute atomic E-state index is 11.0. The summed E-state index contributed by atoms with van der Waals surface area (Å²) in [6.45, 7) is 4.16. The molecule has 0 spiro atoms. The first-order valence-electron chi connectivity index (χ1n) is 5.76. The zero-order valence-electron chi connectivity index (χ0n) is 9.92. The number of hydrogen-bond donors (Lipinski definition) is 1. The average molecular weight is 233 g/mol. The Morgan fingerprint density at radius 3 is 2.71 bits per heavy atom. The second-order valence-electron chi connectivity index (χ2n) is 3.97. The Kier molecular flexibility index (Phi) is 3.08. The smallest absolute Gasteiger partial charge is 0.354 e. The Bertz CT molecular complexity index is 544. The molecule has 0 saturated heterocycles. The maximum Gasteiger partial charge on any atom is 0.354 e. The molecule has 0 bridgehead atoms. The molecule has 0 saturated carbocycles. The molecule has 2 rings (SSSR count). The number of nitrogens with zero attached hydrogens (tertiary/aromatic N) is 3. The lowest BCUT2D eigenvalue weighted by Gasteiger charge is -2.05. The molecule has 17 heavy (non-hydrogen) atoms. The average Bonchev–Trinajstić information content (AvgIpc) is 2.73. The van der Waals surface area contributed by atoms with Crippen molar-refractivity contribution in [1.82, 2.24) is 14.6 Å². The van der Waals surface area contributed by atoms with E-state index in [9.17, 15) is 4.79 Å². The fraction of sp³-hybridized carbons (Fsp3) is 0.417. The molecule has 5 nitrogen and oxygen atoms in total. The molecule has 0 aliphatic carbocycles. The summed E-state index contributed by atoms with van der Waals surface area (Å²) >= 11 is 0. The highest BCUT2D eigenvalue weighted by Crippen LogP contribution is 2.20. The Morgan fingerprint density at radius 1 is 1.41 bits per heavy atom. The van der Waals surface area contributed by atoms with Gasteiger partial charge in [-0.15, -0.1) is 0 Å². The fourth-order valence-corrected chi connectivity index (χ4v) is 1.91. The maximum atomic E-state index is 11.0. The van der Waals surface area contributed by atoms with E-state index < -0.39 is 5.97 Å². The van der Waals surface area contributed by atoms with E-state index >= 15 is 0 Å². The van der Waals surface area contributed by atoms with Gasteiger partial charge in [-0.3, -0.25) is 0 Å². The molecule has 0 aromatic carbocycles. The fourth-order valence-electron chi connectivity index (χ4n) is 1.91. The molecule has 0 atom stereocenters. The van der Waals surface area contributed by atoms with E-state index in [4.69, 9.17) is 5.11 Å². The number of fused-ring (bicyclic) bond motifs is 1. The van der Waals surface area contributed by atoms with Crippen LogP contribution in [0.15, 0.2) is 18.2 Å². The molecular weight excluding hydrogens is 218 g/mol. The van der Waals surface area contributed by atoms with Gasteiger partial charge in [-0.05, 0) is 25.0 Å². The van der Waals surface area contributed by atoms with E-state index in [-0.39, 0.29) is 11.6 Å². The van der Waals surface area contributed by atoms with Crippen molar-refractivity contribution in [3.05, 3.63) is 29.7 Å². The quantitative estimate of drug-likeness (QED) is 0.880. The van der Waals surface area contributed by atoms with Crippen molar-refractivity contribution in [2.45, 2.75) is 32.6 Å². The second-order valence-corrected chi connectivity index (χ2v) is 3.97. The zero-order chi connectivity index (χ0) is 12.4. The van der Waals surface area contributed by atoms with Crippen LogP contribution in [0.4, 0.5) is 0 Å². The highest BCUT2D eigenvalue weighted by Gasteiger charge is 2.16. The van der Waals surface area contributed by atoms with Crippen molar-refractivity contribution in [3.63, 3.8) is 0 Å². The predicted octanol–water partition coefficient (Wildman–Crippen LogP) is 2.33. The summed E-state index contributed by atoms with van der Waals surface area (Å²) in [5.41, 5.74) is 0.735. The Morgan fingerprint density at radius 2 is 2.12 bits per heavy atom. The number of rotatable bonds is 4. The van der Waals surface area contributed by atoms with Gasteiger partial charge in [0.15, 0.2) is 17.2 Å². The van der Waals surface area contributed by atoms with Crippen LogP contribution in [0.3, 0.4) is 0 Å². The molecule has 5 heteroatoms. The SMILES string of the molecule is CCC(CC)c1nc2cccc(C(=O)O)n2n1. The van der Waals surface area contributed by atoms with Crippen molar-refractivity contribution < 1.29 is 9.90 Å². The van der Waals surface area contributed by atoms with Crippen LogP contribution in [0.5, 0.6) is 0 Å². The molecule has 0 aliphatic heterocycles. The van der Waals surface area contributed by atoms with E-state index in [2.05, 4.69) is 23.9 Å². The van der Waals surface area contributed by atoms with E-state index in [1.807, 2.05) is 0 Å². The minimum absolute atomic E-state index is 0.146. The standard InChI is InChI=1S/C12H15N3O2/c1-3-8(4-2)11-13-10-7-5-6-9(12(16)17)15(10)14-11/h5-8H,3-4H2,1-2H3,(H,16,17). The van der Waals surface area contributed by atoms with Crippen molar-refractivity contribution in [1.29, 1.82) is 0 Å². The van der Waals surface area contributed by atoms with Crippen LogP contribution in [0.2, 0.25) is 0 Å². The van der Waals surface area contributed by atoms with E-state index in [0.29, 0.717) is 5.65 Å². The molecule has 2 heterocycles. The third-order valence-electron chi connectivity index (χ3n) is 2.95. The number of aromatic nitrogens is 3. The first kappa shape index (κ1) is 11.6. The van der Waals surface area contributed by atoms with Gasteiger partial charge >= 0.3 is 5.97 Å². The minimum Gasteiger partial charge on any atom is -0.477 e. The summed E-state index contributed by atoms with van der Waals surface area (Å²) < 4.78 is 1.40. The van der Waals surface area contributed by atoms with Crippen molar-refractivity contribution in [3.8, 4) is 0 Å². The van der Waals surface area contributed by atoms with Crippen molar-refractivity contribution >= 4 is 11.6 Å². The zero-order valence-corrected chi connectivity index (χ0v) is 9.92. The number of pyridine rings is 1. The summed E-state index contributed by atoms with van der Waals surface area (Å²) in [5, 5.41) is 13.4. The lowest BCUT2D eigenvalue weighted by atomic mass is 10.0. The molecule has 90 valence electrons. The Hall–Kier alpha value is -1.91. The Balaban J connectivity index is 2.57. The predicted molar refractivity (Wildman–Crippen MR) is 63.3 cm³/mol. The van der Waals surface area contributed by atoms with Crippen LogP contribution in [0, 0.1) is 0 Å². The number of carbonyl (C=O) groups is 1. The van der Waals surface area contributed by atoms with Crippen LogP contribution in [-0.4, -0.2) is 25.7 Å². The summed E-state index contributed by atoms with van der Waals surface area (Å²) in [4.78, 5) is 15.4. The first-order chi connectivity index (χ1) is 8.17. The number of carboxylic acid groups (broad SMARTS) is 1. The van der Waals surface area contributed by atoms with Crippen LogP contribution in [0.1, 0.15) is 48.9 Å². The third kappa shape index (κ3) is 2.00. The van der Waals surface area contributed by atoms with Gasteiger partial charge in [-0.25, -0.2) is 14.3 Å². The number of aromatic carboxylic acids is 1. The van der Waals surface area contributed by atoms with Gasteiger partial charge in [0.05, 0.1) is 0 Å². The molecule has 0 fully saturated rings. The first-order valence-corrected chi connectivity index (χ1v) is 5.76. The summed E-state index contributed by atoms with van der Waals surface area (Å²) in [6, 6.07) is 4.98. The molecule has 0 unspecified atom stereocenters. The van der Waals surface area contributed by atoms with Crippen molar-refractivity contribution in [2.24, 2.45) is 0 Å².